The van der Waals surface area contributed by atoms with E-state index >= 15 is 0 Å². The number of nitrogens with one attached hydrogen (secondary N) is 3. The zero-order valence-corrected chi connectivity index (χ0v) is 17.6. The van der Waals surface area contributed by atoms with Gasteiger partial charge in [0.15, 0.2) is 4.34 Å². The molecule has 13 heteroatoms. The molecule has 0 bridgehead atoms. The molecule has 10 nitrogen and oxygen atoms in total. The lowest BCUT2D eigenvalue weighted by atomic mass is 10.4. The van der Waals surface area contributed by atoms with Crippen LogP contribution >= 0.6 is 34.9 Å². The summed E-state index contributed by atoms with van der Waals surface area (Å²) in [4.78, 5) is 16.2. The van der Waals surface area contributed by atoms with E-state index in [1.54, 1.807) is 11.8 Å². The molecule has 0 unspecified atom stereocenters. The van der Waals surface area contributed by atoms with Gasteiger partial charge in [-0.1, -0.05) is 41.8 Å². The summed E-state index contributed by atoms with van der Waals surface area (Å²) in [6.45, 7) is 3.96. The number of hydrogen-bond acceptors (Lipinski definition) is 11. The van der Waals surface area contributed by atoms with Crippen molar-refractivity contribution in [3.8, 4) is 0 Å². The molecule has 0 saturated heterocycles. The second-order valence-electron chi connectivity index (χ2n) is 5.34. The van der Waals surface area contributed by atoms with Gasteiger partial charge in [0.25, 0.3) is 0 Å². The third kappa shape index (κ3) is 6.35. The Bertz CT molecular complexity index is 935. The average Bonchev–Trinajstić information content (AvgIpc) is 3.40. The van der Waals surface area contributed by atoms with Gasteiger partial charge in [-0.25, -0.2) is 10.5 Å². The Kier molecular flexibility index (Phi) is 7.45. The van der Waals surface area contributed by atoms with Crippen LogP contribution in [0.1, 0.15) is 24.9 Å². The minimum Gasteiger partial charge on any atom is -0.460 e. The Hall–Kier alpha value is -2.38. The topological polar surface area (TPSA) is 134 Å². The maximum absolute atomic E-state index is 12.0. The molecule has 0 atom stereocenters. The van der Waals surface area contributed by atoms with E-state index in [1.807, 2.05) is 19.1 Å². The van der Waals surface area contributed by atoms with Crippen molar-refractivity contribution in [2.75, 3.05) is 22.2 Å². The first-order chi connectivity index (χ1) is 13.6. The fourth-order valence-electron chi connectivity index (χ4n) is 1.83. The van der Waals surface area contributed by atoms with Gasteiger partial charge in [-0.2, -0.15) is 10.1 Å². The average molecular weight is 439 g/mol. The summed E-state index contributed by atoms with van der Waals surface area (Å²) in [5.74, 6) is 2.74. The van der Waals surface area contributed by atoms with Crippen molar-refractivity contribution in [2.24, 2.45) is 5.10 Å². The number of rotatable bonds is 10. The highest BCUT2D eigenvalue weighted by Crippen LogP contribution is 2.26. The summed E-state index contributed by atoms with van der Waals surface area (Å²) in [5.41, 5.74) is 2.72. The number of nitrogens with zero attached hydrogens (tertiary/aromatic N) is 5. The Balaban J connectivity index is 1.41. The molecule has 3 rings (SSSR count). The third-order valence-corrected chi connectivity index (χ3v) is 6.03. The van der Waals surface area contributed by atoms with Gasteiger partial charge in [0.1, 0.15) is 11.5 Å². The molecule has 0 aliphatic carbocycles. The van der Waals surface area contributed by atoms with Crippen molar-refractivity contribution in [3.05, 3.63) is 23.7 Å². The number of aromatic amines is 1. The molecule has 1 amide bonds. The number of carbonyl (C=O) groups excluding carboxylic acids is 1. The highest BCUT2D eigenvalue weighted by molar-refractivity contribution is 8.01. The van der Waals surface area contributed by atoms with Crippen LogP contribution in [0.5, 0.6) is 0 Å². The monoisotopic (exact) mass is 438 g/mol. The van der Waals surface area contributed by atoms with Crippen molar-refractivity contribution in [1.29, 1.82) is 0 Å². The van der Waals surface area contributed by atoms with E-state index < -0.39 is 0 Å². The van der Waals surface area contributed by atoms with Gasteiger partial charge >= 0.3 is 0 Å². The second-order valence-corrected chi connectivity index (χ2v) is 8.61. The SMILES string of the molecule is CCCSc1nnc(NC(=O)CSc2n[nH]c(N/N=C\c3ccc(C)o3)n2)s1. The summed E-state index contributed by atoms with van der Waals surface area (Å²) in [6.07, 6.45) is 2.59. The number of thioether (sulfide) groups is 2. The van der Waals surface area contributed by atoms with Gasteiger partial charge in [0, 0.05) is 5.75 Å². The Morgan fingerprint density at radius 1 is 1.39 bits per heavy atom. The summed E-state index contributed by atoms with van der Waals surface area (Å²) < 4.78 is 6.21. The minimum absolute atomic E-state index is 0.156. The summed E-state index contributed by atoms with van der Waals surface area (Å²) in [5, 5.41) is 22.4. The number of carbonyl (C=O) groups is 1. The van der Waals surface area contributed by atoms with Gasteiger partial charge in [0.05, 0.1) is 12.0 Å². The van der Waals surface area contributed by atoms with Crippen LogP contribution in [0.25, 0.3) is 0 Å². The van der Waals surface area contributed by atoms with Gasteiger partial charge in [-0.3, -0.25) is 10.1 Å². The van der Waals surface area contributed by atoms with Crippen molar-refractivity contribution in [1.82, 2.24) is 25.4 Å². The van der Waals surface area contributed by atoms with Crippen LogP contribution in [-0.2, 0) is 4.79 Å². The molecule has 0 fully saturated rings. The lowest BCUT2D eigenvalue weighted by molar-refractivity contribution is -0.113. The molecular weight excluding hydrogens is 420 g/mol. The van der Waals surface area contributed by atoms with E-state index in [1.165, 1.54) is 29.3 Å². The molecule has 3 N–H and O–H groups in total. The van der Waals surface area contributed by atoms with E-state index in [0.717, 1.165) is 22.3 Å². The molecule has 148 valence electrons. The van der Waals surface area contributed by atoms with Crippen LogP contribution in [0.4, 0.5) is 11.1 Å². The number of aromatic nitrogens is 5. The summed E-state index contributed by atoms with van der Waals surface area (Å²) >= 11 is 4.19. The van der Waals surface area contributed by atoms with E-state index in [9.17, 15) is 4.79 Å². The molecule has 0 aliphatic rings. The quantitative estimate of drug-likeness (QED) is 0.189. The molecule has 28 heavy (non-hydrogen) atoms. The van der Waals surface area contributed by atoms with E-state index in [2.05, 4.69) is 48.1 Å². The highest BCUT2D eigenvalue weighted by atomic mass is 32.2. The summed E-state index contributed by atoms with van der Waals surface area (Å²) in [7, 11) is 0. The molecule has 0 aromatic carbocycles. The van der Waals surface area contributed by atoms with Crippen LogP contribution in [0.2, 0.25) is 0 Å². The van der Waals surface area contributed by atoms with Crippen LogP contribution in [0.3, 0.4) is 0 Å². The van der Waals surface area contributed by atoms with Gasteiger partial charge in [0.2, 0.25) is 22.1 Å². The first-order valence-electron chi connectivity index (χ1n) is 8.29. The Morgan fingerprint density at radius 2 is 2.29 bits per heavy atom. The maximum atomic E-state index is 12.0. The van der Waals surface area contributed by atoms with Gasteiger partial charge < -0.3 is 4.42 Å². The van der Waals surface area contributed by atoms with Crippen LogP contribution in [0.15, 0.2) is 31.1 Å². The minimum atomic E-state index is -0.196. The van der Waals surface area contributed by atoms with Crippen LogP contribution in [-0.4, -0.2) is 49.0 Å². The van der Waals surface area contributed by atoms with E-state index in [-0.39, 0.29) is 11.7 Å². The molecule has 0 spiro atoms. The molecule has 0 radical (unpaired) electrons. The number of amides is 1. The maximum Gasteiger partial charge on any atom is 0.240 e. The normalized spacial score (nSPS) is 11.2. The van der Waals surface area contributed by atoms with Crippen LogP contribution in [0, 0.1) is 6.92 Å². The number of anilines is 2. The highest BCUT2D eigenvalue weighted by Gasteiger charge is 2.11. The second kappa shape index (κ2) is 10.2. The molecule has 0 aliphatic heterocycles. The fourth-order valence-corrected chi connectivity index (χ4v) is 4.13. The predicted molar refractivity (Wildman–Crippen MR) is 111 cm³/mol. The molecular formula is C15H18N8O2S3. The van der Waals surface area contributed by atoms with E-state index in [4.69, 9.17) is 4.42 Å². The zero-order valence-electron chi connectivity index (χ0n) is 15.1. The molecule has 3 aromatic rings. The zero-order chi connectivity index (χ0) is 19.8. The number of hydrogen-bond donors (Lipinski definition) is 3. The first-order valence-corrected chi connectivity index (χ1v) is 11.1. The largest absolute Gasteiger partial charge is 0.460 e. The summed E-state index contributed by atoms with van der Waals surface area (Å²) in [6, 6.07) is 3.66. The number of aryl methyl sites for hydroxylation is 1. The Morgan fingerprint density at radius 3 is 3.07 bits per heavy atom. The number of hydrazone groups is 1. The van der Waals surface area contributed by atoms with Crippen molar-refractivity contribution < 1.29 is 9.21 Å². The fraction of sp³-hybridized carbons (Fsp3) is 0.333. The van der Waals surface area contributed by atoms with Crippen LogP contribution < -0.4 is 10.7 Å². The van der Waals surface area contributed by atoms with E-state index in [0.29, 0.717) is 22.0 Å². The lowest BCUT2D eigenvalue weighted by Gasteiger charge is -1.98. The first kappa shape index (κ1) is 20.4. The smallest absolute Gasteiger partial charge is 0.240 e. The Labute approximate surface area is 173 Å². The number of H-pyrrole nitrogens is 1. The van der Waals surface area contributed by atoms with Crippen molar-refractivity contribution in [2.45, 2.75) is 29.8 Å². The predicted octanol–water partition coefficient (Wildman–Crippen LogP) is 3.24. The standard InChI is InChI=1S/C15H18N8O2S3/c1-3-6-26-15-23-22-14(28-15)17-11(24)8-27-13-18-12(20-21-13)19-16-7-10-5-4-9(2)25-10/h4-5,7H,3,6,8H2,1-2H3,(H,17,22,24)(H2,18,19,20,21)/b16-7-. The van der Waals surface area contributed by atoms with Crippen molar-refractivity contribution >= 4 is 58.1 Å². The van der Waals surface area contributed by atoms with Crippen molar-refractivity contribution in [3.63, 3.8) is 0 Å². The lowest BCUT2D eigenvalue weighted by Crippen LogP contribution is -2.13. The molecule has 3 aromatic heterocycles. The van der Waals surface area contributed by atoms with Gasteiger partial charge in [-0.05, 0) is 25.5 Å². The van der Waals surface area contributed by atoms with Gasteiger partial charge in [-0.15, -0.1) is 15.3 Å². The molecule has 3 heterocycles. The third-order valence-electron chi connectivity index (χ3n) is 3.00. The number of furan rings is 1. The molecule has 0 saturated carbocycles.